The van der Waals surface area contributed by atoms with Gasteiger partial charge < -0.3 is 19.1 Å². The third-order valence-corrected chi connectivity index (χ3v) is 5.25. The van der Waals surface area contributed by atoms with Crippen LogP contribution in [0.5, 0.6) is 17.2 Å². The van der Waals surface area contributed by atoms with Gasteiger partial charge in [0.25, 0.3) is 0 Å². The summed E-state index contributed by atoms with van der Waals surface area (Å²) in [5, 5.41) is 0. The zero-order valence-corrected chi connectivity index (χ0v) is 15.6. The van der Waals surface area contributed by atoms with Gasteiger partial charge in [-0.25, -0.2) is 0 Å². The number of carbonyl (C=O) groups is 1. The average Bonchev–Trinajstić information content (AvgIpc) is 3.36. The normalized spacial score (nSPS) is 18.7. The molecule has 1 unspecified atom stereocenters. The Bertz CT molecular complexity index is 872. The van der Waals surface area contributed by atoms with E-state index < -0.39 is 0 Å². The summed E-state index contributed by atoms with van der Waals surface area (Å²) in [5.41, 5.74) is 3.18. The second-order valence-corrected chi connectivity index (χ2v) is 6.94. The fourth-order valence-electron chi connectivity index (χ4n) is 3.61. The molecule has 0 aliphatic carbocycles. The van der Waals surface area contributed by atoms with Crippen LogP contribution in [-0.4, -0.2) is 37.8 Å². The Morgan fingerprint density at radius 1 is 1.15 bits per heavy atom. The van der Waals surface area contributed by atoms with E-state index in [0.29, 0.717) is 5.92 Å². The van der Waals surface area contributed by atoms with Gasteiger partial charge >= 0.3 is 0 Å². The maximum Gasteiger partial charge on any atom is 0.246 e. The van der Waals surface area contributed by atoms with E-state index >= 15 is 0 Å². The number of nitrogens with zero attached hydrogens (tertiary/aromatic N) is 1. The van der Waals surface area contributed by atoms with E-state index in [0.717, 1.165) is 47.9 Å². The van der Waals surface area contributed by atoms with Crippen LogP contribution in [0.3, 0.4) is 0 Å². The zero-order valence-electron chi connectivity index (χ0n) is 15.6. The number of methoxy groups -OCH3 is 1. The van der Waals surface area contributed by atoms with Crippen LogP contribution in [0.15, 0.2) is 48.5 Å². The smallest absolute Gasteiger partial charge is 0.246 e. The molecule has 0 saturated carbocycles. The Labute approximate surface area is 159 Å². The summed E-state index contributed by atoms with van der Waals surface area (Å²) < 4.78 is 16.0. The molecule has 0 spiro atoms. The Morgan fingerprint density at radius 2 is 1.93 bits per heavy atom. The van der Waals surface area contributed by atoms with Crippen molar-refractivity contribution >= 4 is 11.5 Å². The van der Waals surface area contributed by atoms with Gasteiger partial charge in [-0.3, -0.25) is 4.79 Å². The lowest BCUT2D eigenvalue weighted by Crippen LogP contribution is -2.26. The first-order chi connectivity index (χ1) is 13.1. The molecule has 0 N–H and O–H groups in total. The third-order valence-electron chi connectivity index (χ3n) is 5.25. The number of allylic oxidation sites excluding steroid dienone is 1. The van der Waals surface area contributed by atoms with E-state index in [-0.39, 0.29) is 12.7 Å². The Kier molecular flexibility index (Phi) is 4.75. The number of fused-ring (bicyclic) bond motifs is 1. The summed E-state index contributed by atoms with van der Waals surface area (Å²) in [4.78, 5) is 14.6. The molecular weight excluding hydrogens is 342 g/mol. The minimum atomic E-state index is 0.0616. The fraction of sp³-hybridized carbons (Fsp3) is 0.318. The number of carbonyl (C=O) groups excluding carboxylic acids is 1. The number of rotatable bonds is 4. The molecular formula is C22H23NO4. The standard InChI is InChI=1S/C22H23NO4/c1-15(16-3-6-19(25-2)7-4-16)11-22(24)23-10-9-18(13-23)17-5-8-20-21(12-17)27-14-26-20/h3-8,11-12,18H,9-10,13-14H2,1-2H3/b15-11+. The van der Waals surface area contributed by atoms with Gasteiger partial charge in [-0.1, -0.05) is 18.2 Å². The van der Waals surface area contributed by atoms with E-state index in [1.54, 1.807) is 13.2 Å². The van der Waals surface area contributed by atoms with Crippen molar-refractivity contribution < 1.29 is 19.0 Å². The van der Waals surface area contributed by atoms with Crippen LogP contribution in [0.4, 0.5) is 0 Å². The number of likely N-dealkylation sites (tertiary alicyclic amines) is 1. The van der Waals surface area contributed by atoms with Crippen molar-refractivity contribution in [3.05, 3.63) is 59.7 Å². The highest BCUT2D eigenvalue weighted by molar-refractivity contribution is 5.95. The van der Waals surface area contributed by atoms with Gasteiger partial charge in [0.1, 0.15) is 5.75 Å². The first-order valence-corrected chi connectivity index (χ1v) is 9.15. The Hall–Kier alpha value is -2.95. The maximum atomic E-state index is 12.7. The monoisotopic (exact) mass is 365 g/mol. The molecule has 0 aromatic heterocycles. The molecule has 0 bridgehead atoms. The van der Waals surface area contributed by atoms with Crippen molar-refractivity contribution in [3.63, 3.8) is 0 Å². The van der Waals surface area contributed by atoms with Crippen LogP contribution in [0.1, 0.15) is 30.4 Å². The van der Waals surface area contributed by atoms with E-state index in [1.165, 1.54) is 5.56 Å². The number of amides is 1. The van der Waals surface area contributed by atoms with Gasteiger partial charge in [0.2, 0.25) is 12.7 Å². The lowest BCUT2D eigenvalue weighted by Gasteiger charge is -2.16. The molecule has 2 aromatic carbocycles. The Balaban J connectivity index is 1.42. The van der Waals surface area contributed by atoms with Gasteiger partial charge in [0.05, 0.1) is 7.11 Å². The van der Waals surface area contributed by atoms with Crippen LogP contribution in [-0.2, 0) is 4.79 Å². The van der Waals surface area contributed by atoms with Gasteiger partial charge in [-0.05, 0) is 54.3 Å². The average molecular weight is 365 g/mol. The number of ether oxygens (including phenoxy) is 3. The van der Waals surface area contributed by atoms with Gasteiger partial charge in [0, 0.05) is 25.1 Å². The lowest BCUT2D eigenvalue weighted by atomic mass is 9.98. The van der Waals surface area contributed by atoms with Crippen LogP contribution in [0.25, 0.3) is 5.57 Å². The first-order valence-electron chi connectivity index (χ1n) is 9.15. The highest BCUT2D eigenvalue weighted by Crippen LogP contribution is 2.37. The molecule has 1 fully saturated rings. The van der Waals surface area contributed by atoms with Crippen LogP contribution in [0.2, 0.25) is 0 Å². The zero-order chi connectivity index (χ0) is 18.8. The minimum Gasteiger partial charge on any atom is -0.497 e. The maximum absolute atomic E-state index is 12.7. The van der Waals surface area contributed by atoms with Gasteiger partial charge in [0.15, 0.2) is 11.5 Å². The number of hydrogen-bond acceptors (Lipinski definition) is 4. The second-order valence-electron chi connectivity index (χ2n) is 6.94. The van der Waals surface area contributed by atoms with Crippen molar-refractivity contribution in [3.8, 4) is 17.2 Å². The largest absolute Gasteiger partial charge is 0.497 e. The van der Waals surface area contributed by atoms with Crippen molar-refractivity contribution in [2.24, 2.45) is 0 Å². The highest BCUT2D eigenvalue weighted by atomic mass is 16.7. The van der Waals surface area contributed by atoms with Gasteiger partial charge in [-0.15, -0.1) is 0 Å². The molecule has 2 aliphatic rings. The van der Waals surface area contributed by atoms with E-state index in [4.69, 9.17) is 14.2 Å². The quantitative estimate of drug-likeness (QED) is 0.773. The summed E-state index contributed by atoms with van der Waals surface area (Å²) in [7, 11) is 1.64. The highest BCUT2D eigenvalue weighted by Gasteiger charge is 2.27. The predicted octanol–water partition coefficient (Wildman–Crippen LogP) is 3.84. The molecule has 140 valence electrons. The van der Waals surface area contributed by atoms with Crippen LogP contribution in [0, 0.1) is 0 Å². The predicted molar refractivity (Wildman–Crippen MR) is 103 cm³/mol. The molecule has 0 radical (unpaired) electrons. The topological polar surface area (TPSA) is 48.0 Å². The lowest BCUT2D eigenvalue weighted by molar-refractivity contribution is -0.125. The fourth-order valence-corrected chi connectivity index (χ4v) is 3.61. The number of benzene rings is 2. The third kappa shape index (κ3) is 3.63. The number of hydrogen-bond donors (Lipinski definition) is 0. The SMILES string of the molecule is COc1ccc(/C(C)=C/C(=O)N2CCC(c3ccc4c(c3)OCO4)C2)cc1. The van der Waals surface area contributed by atoms with Crippen molar-refractivity contribution in [2.45, 2.75) is 19.3 Å². The van der Waals surface area contributed by atoms with E-state index in [1.807, 2.05) is 48.2 Å². The molecule has 27 heavy (non-hydrogen) atoms. The molecule has 2 aromatic rings. The summed E-state index contributed by atoms with van der Waals surface area (Å²) in [5.74, 6) is 2.80. The van der Waals surface area contributed by atoms with Crippen molar-refractivity contribution in [2.75, 3.05) is 27.0 Å². The molecule has 1 atom stereocenters. The van der Waals surface area contributed by atoms with E-state index in [2.05, 4.69) is 6.07 Å². The second kappa shape index (κ2) is 7.35. The molecule has 2 aliphatic heterocycles. The van der Waals surface area contributed by atoms with Crippen molar-refractivity contribution in [1.82, 2.24) is 4.90 Å². The summed E-state index contributed by atoms with van der Waals surface area (Å²) >= 11 is 0. The molecule has 1 saturated heterocycles. The first kappa shape index (κ1) is 17.5. The van der Waals surface area contributed by atoms with Crippen molar-refractivity contribution in [1.29, 1.82) is 0 Å². The molecule has 2 heterocycles. The van der Waals surface area contributed by atoms with Gasteiger partial charge in [-0.2, -0.15) is 0 Å². The van der Waals surface area contributed by atoms with E-state index in [9.17, 15) is 4.79 Å². The minimum absolute atomic E-state index is 0.0616. The van der Waals surface area contributed by atoms with Crippen LogP contribution < -0.4 is 14.2 Å². The summed E-state index contributed by atoms with van der Waals surface area (Å²) in [6, 6.07) is 13.8. The molecule has 1 amide bonds. The summed E-state index contributed by atoms with van der Waals surface area (Å²) in [6.07, 6.45) is 2.69. The molecule has 5 heteroatoms. The molecule has 5 nitrogen and oxygen atoms in total. The van der Waals surface area contributed by atoms with Crippen LogP contribution >= 0.6 is 0 Å². The molecule has 4 rings (SSSR count). The summed E-state index contributed by atoms with van der Waals surface area (Å²) in [6.45, 7) is 3.74. The Morgan fingerprint density at radius 3 is 2.70 bits per heavy atom.